The van der Waals surface area contributed by atoms with Crippen LogP contribution in [0.4, 0.5) is 0 Å². The molecule has 1 aromatic carbocycles. The van der Waals surface area contributed by atoms with Gasteiger partial charge in [-0.25, -0.2) is 0 Å². The predicted molar refractivity (Wildman–Crippen MR) is 99.4 cm³/mol. The fourth-order valence-corrected chi connectivity index (χ4v) is 4.24. The Kier molecular flexibility index (Phi) is 6.24. The Morgan fingerprint density at radius 2 is 1.96 bits per heavy atom. The Morgan fingerprint density at radius 1 is 1.28 bits per heavy atom. The summed E-state index contributed by atoms with van der Waals surface area (Å²) in [5.41, 5.74) is 3.48. The standard InChI is InChI=1S/C18H29N3O3S/c1-13-8-9-16(11-14(13)2)15(3)19-18(22)17-7-6-10-21(12-17)25(23,24)20(4)5/h8-9,11,15,17H,6-7,10,12H2,1-5H3,(H,19,22)/t15-,17+/m0/s1. The van der Waals surface area contributed by atoms with E-state index in [4.69, 9.17) is 0 Å². The summed E-state index contributed by atoms with van der Waals surface area (Å²) >= 11 is 0. The summed E-state index contributed by atoms with van der Waals surface area (Å²) in [5.74, 6) is -0.387. The molecular weight excluding hydrogens is 338 g/mol. The average Bonchev–Trinajstić information content (AvgIpc) is 2.57. The van der Waals surface area contributed by atoms with E-state index in [9.17, 15) is 13.2 Å². The predicted octanol–water partition coefficient (Wildman–Crippen LogP) is 2.00. The maximum absolute atomic E-state index is 12.6. The lowest BCUT2D eigenvalue weighted by Crippen LogP contribution is -2.49. The number of hydrogen-bond donors (Lipinski definition) is 1. The van der Waals surface area contributed by atoms with Crippen molar-refractivity contribution in [3.05, 3.63) is 34.9 Å². The number of rotatable bonds is 5. The SMILES string of the molecule is Cc1ccc([C@H](C)NC(=O)[C@@H]2CCCN(S(=O)(=O)N(C)C)C2)cc1C. The maximum atomic E-state index is 12.6. The Balaban J connectivity index is 2.03. The molecule has 1 saturated heterocycles. The highest BCUT2D eigenvalue weighted by Gasteiger charge is 2.33. The molecule has 0 radical (unpaired) electrons. The number of carbonyl (C=O) groups excluding carboxylic acids is 1. The van der Waals surface area contributed by atoms with Gasteiger partial charge in [0.1, 0.15) is 0 Å². The Morgan fingerprint density at radius 3 is 2.56 bits per heavy atom. The molecule has 1 N–H and O–H groups in total. The Hall–Kier alpha value is -1.44. The van der Waals surface area contributed by atoms with E-state index in [0.717, 1.165) is 5.56 Å². The van der Waals surface area contributed by atoms with Crippen LogP contribution in [0.1, 0.15) is 42.5 Å². The van der Waals surface area contributed by atoms with Gasteiger partial charge >= 0.3 is 0 Å². The van der Waals surface area contributed by atoms with Crippen LogP contribution in [0.5, 0.6) is 0 Å². The third-order valence-corrected chi connectivity index (χ3v) is 6.84. The molecule has 1 fully saturated rings. The Bertz CT molecular complexity index is 731. The zero-order valence-corrected chi connectivity index (χ0v) is 16.6. The molecule has 0 aromatic heterocycles. The van der Waals surface area contributed by atoms with Crippen molar-refractivity contribution in [3.63, 3.8) is 0 Å². The van der Waals surface area contributed by atoms with Crippen molar-refractivity contribution >= 4 is 16.1 Å². The molecule has 2 atom stereocenters. The van der Waals surface area contributed by atoms with Gasteiger partial charge in [0.25, 0.3) is 10.2 Å². The van der Waals surface area contributed by atoms with Gasteiger partial charge in [0.15, 0.2) is 0 Å². The fraction of sp³-hybridized carbons (Fsp3) is 0.611. The highest BCUT2D eigenvalue weighted by molar-refractivity contribution is 7.86. The summed E-state index contributed by atoms with van der Waals surface area (Å²) in [6.07, 6.45) is 1.41. The number of carbonyl (C=O) groups is 1. The van der Waals surface area contributed by atoms with E-state index < -0.39 is 10.2 Å². The average molecular weight is 368 g/mol. The monoisotopic (exact) mass is 367 g/mol. The first-order valence-electron chi connectivity index (χ1n) is 8.68. The number of nitrogens with zero attached hydrogens (tertiary/aromatic N) is 2. The van der Waals surface area contributed by atoms with Gasteiger partial charge < -0.3 is 5.32 Å². The van der Waals surface area contributed by atoms with E-state index in [0.29, 0.717) is 19.4 Å². The molecule has 0 aliphatic carbocycles. The highest BCUT2D eigenvalue weighted by Crippen LogP contribution is 2.22. The van der Waals surface area contributed by atoms with Gasteiger partial charge in [-0.3, -0.25) is 4.79 Å². The second kappa shape index (κ2) is 7.85. The summed E-state index contributed by atoms with van der Waals surface area (Å²) in [6, 6.07) is 6.06. The van der Waals surface area contributed by atoms with Gasteiger partial charge in [0.2, 0.25) is 5.91 Å². The molecular formula is C18H29N3O3S. The topological polar surface area (TPSA) is 69.7 Å². The normalized spacial score (nSPS) is 20.5. The molecule has 25 heavy (non-hydrogen) atoms. The van der Waals surface area contributed by atoms with Crippen LogP contribution < -0.4 is 5.32 Å². The van der Waals surface area contributed by atoms with Gasteiger partial charge in [-0.1, -0.05) is 18.2 Å². The zero-order chi connectivity index (χ0) is 18.8. The molecule has 1 heterocycles. The van der Waals surface area contributed by atoms with E-state index in [1.807, 2.05) is 13.0 Å². The van der Waals surface area contributed by atoms with Crippen molar-refractivity contribution in [3.8, 4) is 0 Å². The van der Waals surface area contributed by atoms with Gasteiger partial charge in [-0.05, 0) is 50.3 Å². The van der Waals surface area contributed by atoms with Crippen LogP contribution in [0.25, 0.3) is 0 Å². The molecule has 1 aliphatic heterocycles. The van der Waals surface area contributed by atoms with Crippen LogP contribution in [0.3, 0.4) is 0 Å². The summed E-state index contributed by atoms with van der Waals surface area (Å²) in [6.45, 7) is 6.78. The van der Waals surface area contributed by atoms with Gasteiger partial charge in [-0.15, -0.1) is 0 Å². The number of amides is 1. The third kappa shape index (κ3) is 4.59. The Labute approximate surface area is 151 Å². The van der Waals surface area contributed by atoms with Gasteiger partial charge in [-0.2, -0.15) is 17.0 Å². The van der Waals surface area contributed by atoms with Crippen LogP contribution in [0.2, 0.25) is 0 Å². The lowest BCUT2D eigenvalue weighted by atomic mass is 9.97. The van der Waals surface area contributed by atoms with Crippen molar-refractivity contribution in [2.24, 2.45) is 5.92 Å². The number of benzene rings is 1. The van der Waals surface area contributed by atoms with E-state index in [1.54, 1.807) is 0 Å². The maximum Gasteiger partial charge on any atom is 0.281 e. The van der Waals surface area contributed by atoms with Crippen LogP contribution in [0, 0.1) is 19.8 Å². The lowest BCUT2D eigenvalue weighted by Gasteiger charge is -2.33. The molecule has 0 saturated carbocycles. The highest BCUT2D eigenvalue weighted by atomic mass is 32.2. The van der Waals surface area contributed by atoms with Gasteiger partial charge in [0.05, 0.1) is 12.0 Å². The molecule has 0 unspecified atom stereocenters. The number of nitrogens with one attached hydrogen (secondary N) is 1. The first-order chi connectivity index (χ1) is 11.6. The summed E-state index contributed by atoms with van der Waals surface area (Å²) < 4.78 is 27.2. The molecule has 2 rings (SSSR count). The fourth-order valence-electron chi connectivity index (χ4n) is 3.05. The van der Waals surface area contributed by atoms with Crippen molar-refractivity contribution in [2.45, 2.75) is 39.7 Å². The van der Waals surface area contributed by atoms with Crippen LogP contribution in [0.15, 0.2) is 18.2 Å². The van der Waals surface area contributed by atoms with E-state index in [2.05, 4.69) is 31.3 Å². The van der Waals surface area contributed by atoms with E-state index in [1.165, 1.54) is 33.8 Å². The van der Waals surface area contributed by atoms with Crippen LogP contribution in [-0.2, 0) is 15.0 Å². The van der Waals surface area contributed by atoms with Crippen molar-refractivity contribution in [1.29, 1.82) is 0 Å². The summed E-state index contributed by atoms with van der Waals surface area (Å²) in [7, 11) is -0.441. The van der Waals surface area contributed by atoms with Crippen LogP contribution in [-0.4, -0.2) is 50.1 Å². The molecule has 7 heteroatoms. The van der Waals surface area contributed by atoms with E-state index >= 15 is 0 Å². The minimum atomic E-state index is -3.47. The second-order valence-electron chi connectivity index (χ2n) is 7.06. The first-order valence-corrected chi connectivity index (χ1v) is 10.1. The number of hydrogen-bond acceptors (Lipinski definition) is 3. The first kappa shape index (κ1) is 19.9. The minimum Gasteiger partial charge on any atom is -0.349 e. The van der Waals surface area contributed by atoms with Crippen molar-refractivity contribution in [1.82, 2.24) is 13.9 Å². The molecule has 0 spiro atoms. The van der Waals surface area contributed by atoms with E-state index in [-0.39, 0.29) is 24.4 Å². The van der Waals surface area contributed by atoms with Gasteiger partial charge in [0, 0.05) is 27.2 Å². The molecule has 1 aromatic rings. The zero-order valence-electron chi connectivity index (χ0n) is 15.7. The minimum absolute atomic E-state index is 0.0793. The molecule has 1 aliphatic rings. The quantitative estimate of drug-likeness (QED) is 0.865. The molecule has 0 bridgehead atoms. The number of aryl methyl sites for hydroxylation is 2. The summed E-state index contributed by atoms with van der Waals surface area (Å²) in [5, 5.41) is 3.04. The second-order valence-corrected chi connectivity index (χ2v) is 9.20. The van der Waals surface area contributed by atoms with Crippen LogP contribution >= 0.6 is 0 Å². The largest absolute Gasteiger partial charge is 0.349 e. The molecule has 140 valence electrons. The third-order valence-electron chi connectivity index (χ3n) is 4.93. The molecule has 6 nitrogen and oxygen atoms in total. The number of piperidine rings is 1. The smallest absolute Gasteiger partial charge is 0.281 e. The van der Waals surface area contributed by atoms with Crippen molar-refractivity contribution < 1.29 is 13.2 Å². The summed E-state index contributed by atoms with van der Waals surface area (Å²) in [4.78, 5) is 12.6. The van der Waals surface area contributed by atoms with Crippen molar-refractivity contribution in [2.75, 3.05) is 27.2 Å². The lowest BCUT2D eigenvalue weighted by molar-refractivity contribution is -0.126. The molecule has 1 amide bonds.